The Kier molecular flexibility index (Phi) is 3.26. The molecule has 4 nitrogen and oxygen atoms in total. The quantitative estimate of drug-likeness (QED) is 0.697. The van der Waals surface area contributed by atoms with E-state index in [1.165, 1.54) is 12.8 Å². The maximum absolute atomic E-state index is 11.9. The van der Waals surface area contributed by atoms with Crippen molar-refractivity contribution in [2.45, 2.75) is 44.2 Å². The van der Waals surface area contributed by atoms with E-state index in [4.69, 9.17) is 4.74 Å². The van der Waals surface area contributed by atoms with E-state index in [9.17, 15) is 4.79 Å². The van der Waals surface area contributed by atoms with Crippen LogP contribution < -0.4 is 10.6 Å². The molecular weight excluding hydrogens is 192 g/mol. The summed E-state index contributed by atoms with van der Waals surface area (Å²) in [5.41, 5.74) is 0.0118. The predicted molar refractivity (Wildman–Crippen MR) is 57.6 cm³/mol. The number of morpholine rings is 1. The molecule has 0 aromatic heterocycles. The zero-order valence-corrected chi connectivity index (χ0v) is 9.34. The lowest BCUT2D eigenvalue weighted by Crippen LogP contribution is -2.53. The Balaban J connectivity index is 1.85. The number of amides is 1. The van der Waals surface area contributed by atoms with Gasteiger partial charge in [0, 0.05) is 18.6 Å². The minimum Gasteiger partial charge on any atom is -0.366 e. The Morgan fingerprint density at radius 2 is 2.20 bits per heavy atom. The molecule has 0 unspecified atom stereocenters. The van der Waals surface area contributed by atoms with Crippen LogP contribution in [0.3, 0.4) is 0 Å². The first kappa shape index (κ1) is 10.9. The molecule has 0 spiro atoms. The van der Waals surface area contributed by atoms with E-state index >= 15 is 0 Å². The summed E-state index contributed by atoms with van der Waals surface area (Å²) < 4.78 is 5.42. The molecule has 1 heterocycles. The first-order valence-corrected chi connectivity index (χ1v) is 5.84. The maximum atomic E-state index is 11.9. The van der Waals surface area contributed by atoms with E-state index in [2.05, 4.69) is 17.6 Å². The molecule has 1 atom stereocenters. The van der Waals surface area contributed by atoms with Gasteiger partial charge in [0.2, 0.25) is 0 Å². The van der Waals surface area contributed by atoms with Crippen molar-refractivity contribution in [3.63, 3.8) is 0 Å². The van der Waals surface area contributed by atoms with Gasteiger partial charge < -0.3 is 15.4 Å². The summed E-state index contributed by atoms with van der Waals surface area (Å²) in [5, 5.41) is 6.29. The number of carbonyl (C=O) groups is 1. The third kappa shape index (κ3) is 2.69. The summed E-state index contributed by atoms with van der Waals surface area (Å²) in [4.78, 5) is 11.9. The van der Waals surface area contributed by atoms with Crippen molar-refractivity contribution in [1.82, 2.24) is 10.6 Å². The molecule has 0 bridgehead atoms. The van der Waals surface area contributed by atoms with Gasteiger partial charge in [-0.05, 0) is 19.8 Å². The van der Waals surface area contributed by atoms with Gasteiger partial charge in [0.05, 0.1) is 6.61 Å². The van der Waals surface area contributed by atoms with Crippen LogP contribution in [-0.4, -0.2) is 37.2 Å². The van der Waals surface area contributed by atoms with Gasteiger partial charge in [0.25, 0.3) is 5.91 Å². The summed E-state index contributed by atoms with van der Waals surface area (Å²) in [5.74, 6) is 0.0478. The molecule has 2 aliphatic rings. The van der Waals surface area contributed by atoms with E-state index in [1.807, 2.05) is 0 Å². The summed E-state index contributed by atoms with van der Waals surface area (Å²) in [7, 11) is 0. The minimum atomic E-state index is -0.295. The lowest BCUT2D eigenvalue weighted by molar-refractivity contribution is -0.136. The summed E-state index contributed by atoms with van der Waals surface area (Å²) in [6, 6.07) is 0. The molecule has 4 heteroatoms. The Hall–Kier alpha value is -0.610. The first-order chi connectivity index (χ1) is 7.20. The first-order valence-electron chi connectivity index (χ1n) is 5.84. The van der Waals surface area contributed by atoms with Gasteiger partial charge in [-0.25, -0.2) is 0 Å². The molecule has 2 rings (SSSR count). The van der Waals surface area contributed by atoms with Gasteiger partial charge in [0.15, 0.2) is 0 Å². The van der Waals surface area contributed by atoms with Crippen molar-refractivity contribution >= 4 is 5.91 Å². The number of ether oxygens (including phenoxy) is 1. The zero-order valence-electron chi connectivity index (χ0n) is 9.34. The number of hydrogen-bond donors (Lipinski definition) is 2. The normalized spacial score (nSPS) is 30.1. The Morgan fingerprint density at radius 3 is 2.80 bits per heavy atom. The zero-order chi connectivity index (χ0) is 10.7. The van der Waals surface area contributed by atoms with Crippen LogP contribution >= 0.6 is 0 Å². The van der Waals surface area contributed by atoms with E-state index in [-0.39, 0.29) is 17.6 Å². The Labute approximate surface area is 90.8 Å². The summed E-state index contributed by atoms with van der Waals surface area (Å²) in [6.07, 6.45) is 4.34. The molecule has 86 valence electrons. The van der Waals surface area contributed by atoms with Crippen molar-refractivity contribution in [2.75, 3.05) is 19.7 Å². The highest BCUT2D eigenvalue weighted by Gasteiger charge is 2.33. The highest BCUT2D eigenvalue weighted by molar-refractivity contribution is 5.81. The van der Waals surface area contributed by atoms with Crippen molar-refractivity contribution in [3.05, 3.63) is 0 Å². The van der Waals surface area contributed by atoms with Crippen molar-refractivity contribution in [2.24, 2.45) is 0 Å². The molecule has 2 fully saturated rings. The Bertz CT molecular complexity index is 231. The van der Waals surface area contributed by atoms with Gasteiger partial charge in [-0.3, -0.25) is 4.79 Å². The Morgan fingerprint density at radius 1 is 1.47 bits per heavy atom. The molecule has 0 aromatic rings. The summed E-state index contributed by atoms with van der Waals surface area (Å²) >= 11 is 0. The van der Waals surface area contributed by atoms with Crippen LogP contribution in [0.4, 0.5) is 0 Å². The fourth-order valence-corrected chi connectivity index (χ4v) is 2.39. The minimum absolute atomic E-state index is 0.0118. The maximum Gasteiger partial charge on any atom is 0.250 e. The van der Waals surface area contributed by atoms with Crippen LogP contribution in [0.1, 0.15) is 32.6 Å². The lowest BCUT2D eigenvalue weighted by atomic mass is 10.0. The third-order valence-corrected chi connectivity index (χ3v) is 3.35. The molecule has 2 N–H and O–H groups in total. The van der Waals surface area contributed by atoms with Crippen molar-refractivity contribution in [1.29, 1.82) is 0 Å². The topological polar surface area (TPSA) is 50.4 Å². The molecule has 1 amide bonds. The van der Waals surface area contributed by atoms with E-state index in [0.717, 1.165) is 19.4 Å². The van der Waals surface area contributed by atoms with Crippen LogP contribution in [0.15, 0.2) is 0 Å². The average Bonchev–Trinajstić information content (AvgIpc) is 2.66. The van der Waals surface area contributed by atoms with Crippen LogP contribution in [0.25, 0.3) is 0 Å². The monoisotopic (exact) mass is 212 g/mol. The highest BCUT2D eigenvalue weighted by Crippen LogP contribution is 2.28. The molecule has 1 aliphatic heterocycles. The number of nitrogens with one attached hydrogen (secondary N) is 2. The van der Waals surface area contributed by atoms with E-state index < -0.39 is 0 Å². The van der Waals surface area contributed by atoms with Gasteiger partial charge in [-0.2, -0.15) is 0 Å². The van der Waals surface area contributed by atoms with Crippen molar-refractivity contribution in [3.8, 4) is 0 Å². The molecule has 1 saturated carbocycles. The molecule has 15 heavy (non-hydrogen) atoms. The molecule has 0 radical (unpaired) electrons. The second-order valence-corrected chi connectivity index (χ2v) is 4.82. The van der Waals surface area contributed by atoms with Gasteiger partial charge >= 0.3 is 0 Å². The molecule has 0 aromatic carbocycles. The van der Waals surface area contributed by atoms with Crippen LogP contribution in [0, 0.1) is 0 Å². The largest absolute Gasteiger partial charge is 0.366 e. The smallest absolute Gasteiger partial charge is 0.250 e. The fourth-order valence-electron chi connectivity index (χ4n) is 2.39. The predicted octanol–water partition coefficient (Wildman–Crippen LogP) is 0.424. The number of carbonyl (C=O) groups excluding carboxylic acids is 1. The SMILES string of the molecule is CC1(NC(=O)[C@@H]2CNCCO2)CCCC1. The standard InChI is InChI=1S/C11H20N2O2/c1-11(4-2-3-5-11)13-10(14)9-8-12-6-7-15-9/h9,12H,2-8H2,1H3,(H,13,14)/t9-/m0/s1. The molecule has 1 aliphatic carbocycles. The van der Waals surface area contributed by atoms with E-state index in [0.29, 0.717) is 13.2 Å². The third-order valence-electron chi connectivity index (χ3n) is 3.35. The van der Waals surface area contributed by atoms with Gasteiger partial charge in [-0.1, -0.05) is 12.8 Å². The molecular formula is C11H20N2O2. The van der Waals surface area contributed by atoms with Gasteiger partial charge in [-0.15, -0.1) is 0 Å². The number of rotatable bonds is 2. The lowest BCUT2D eigenvalue weighted by Gasteiger charge is -2.30. The summed E-state index contributed by atoms with van der Waals surface area (Å²) in [6.45, 7) is 4.26. The second-order valence-electron chi connectivity index (χ2n) is 4.82. The average molecular weight is 212 g/mol. The number of hydrogen-bond acceptors (Lipinski definition) is 3. The van der Waals surface area contributed by atoms with Crippen LogP contribution in [-0.2, 0) is 9.53 Å². The van der Waals surface area contributed by atoms with Crippen LogP contribution in [0.5, 0.6) is 0 Å². The fraction of sp³-hybridized carbons (Fsp3) is 0.909. The van der Waals surface area contributed by atoms with E-state index in [1.54, 1.807) is 0 Å². The second kappa shape index (κ2) is 4.49. The highest BCUT2D eigenvalue weighted by atomic mass is 16.5. The molecule has 1 saturated heterocycles. The van der Waals surface area contributed by atoms with Crippen molar-refractivity contribution < 1.29 is 9.53 Å². The van der Waals surface area contributed by atoms with Crippen LogP contribution in [0.2, 0.25) is 0 Å². The van der Waals surface area contributed by atoms with Gasteiger partial charge in [0.1, 0.15) is 6.10 Å².